The first-order chi connectivity index (χ1) is 12.2. The van der Waals surface area contributed by atoms with Gasteiger partial charge in [0.1, 0.15) is 6.04 Å². The SMILES string of the molecule is CNC(=O)CCNC(=O)N[C@H](C(=O)N[C@@H](C)CCCNC(N)=O)C(C)C. The van der Waals surface area contributed by atoms with Crippen molar-refractivity contribution in [3.8, 4) is 0 Å². The monoisotopic (exact) mass is 372 g/mol. The lowest BCUT2D eigenvalue weighted by molar-refractivity contribution is -0.124. The van der Waals surface area contributed by atoms with Gasteiger partial charge in [-0.2, -0.15) is 0 Å². The Balaban J connectivity index is 4.32. The summed E-state index contributed by atoms with van der Waals surface area (Å²) in [7, 11) is 1.52. The predicted octanol–water partition coefficient (Wildman–Crippen LogP) is -0.600. The Hall–Kier alpha value is -2.52. The van der Waals surface area contributed by atoms with E-state index in [0.29, 0.717) is 19.4 Å². The first-order valence-corrected chi connectivity index (χ1v) is 8.76. The number of urea groups is 2. The van der Waals surface area contributed by atoms with Crippen molar-refractivity contribution in [2.24, 2.45) is 11.7 Å². The van der Waals surface area contributed by atoms with Gasteiger partial charge in [0.05, 0.1) is 0 Å². The fourth-order valence-corrected chi connectivity index (χ4v) is 2.17. The van der Waals surface area contributed by atoms with Crippen LogP contribution in [0, 0.1) is 5.92 Å². The average molecular weight is 372 g/mol. The lowest BCUT2D eigenvalue weighted by Crippen LogP contribution is -2.54. The molecule has 150 valence electrons. The zero-order chi connectivity index (χ0) is 20.1. The highest BCUT2D eigenvalue weighted by Gasteiger charge is 2.25. The molecule has 0 aliphatic heterocycles. The summed E-state index contributed by atoms with van der Waals surface area (Å²) in [5.41, 5.74) is 4.98. The van der Waals surface area contributed by atoms with Crippen molar-refractivity contribution < 1.29 is 19.2 Å². The van der Waals surface area contributed by atoms with Crippen LogP contribution in [0.15, 0.2) is 0 Å². The Morgan fingerprint density at radius 2 is 1.62 bits per heavy atom. The van der Waals surface area contributed by atoms with Gasteiger partial charge in [0.15, 0.2) is 0 Å². The molecule has 10 nitrogen and oxygen atoms in total. The predicted molar refractivity (Wildman–Crippen MR) is 98.3 cm³/mol. The number of primary amides is 1. The maximum absolute atomic E-state index is 12.4. The Morgan fingerprint density at radius 1 is 0.962 bits per heavy atom. The van der Waals surface area contributed by atoms with Crippen molar-refractivity contribution in [2.45, 2.75) is 52.1 Å². The van der Waals surface area contributed by atoms with Crippen LogP contribution in [-0.4, -0.2) is 56.1 Å². The van der Waals surface area contributed by atoms with Crippen molar-refractivity contribution in [1.29, 1.82) is 0 Å². The van der Waals surface area contributed by atoms with Crippen LogP contribution >= 0.6 is 0 Å². The fraction of sp³-hybridized carbons (Fsp3) is 0.750. The Labute approximate surface area is 154 Å². The van der Waals surface area contributed by atoms with E-state index in [0.717, 1.165) is 0 Å². The van der Waals surface area contributed by atoms with Gasteiger partial charge in [-0.05, 0) is 25.7 Å². The molecule has 26 heavy (non-hydrogen) atoms. The van der Waals surface area contributed by atoms with Crippen LogP contribution in [0.1, 0.15) is 40.0 Å². The summed E-state index contributed by atoms with van der Waals surface area (Å²) in [4.78, 5) is 46.0. The topological polar surface area (TPSA) is 154 Å². The zero-order valence-corrected chi connectivity index (χ0v) is 16.0. The number of carbonyl (C=O) groups is 4. The van der Waals surface area contributed by atoms with Crippen molar-refractivity contribution in [1.82, 2.24) is 26.6 Å². The highest BCUT2D eigenvalue weighted by molar-refractivity contribution is 5.87. The largest absolute Gasteiger partial charge is 0.359 e. The van der Waals surface area contributed by atoms with Gasteiger partial charge in [0.2, 0.25) is 11.8 Å². The summed E-state index contributed by atoms with van der Waals surface area (Å²) >= 11 is 0. The lowest BCUT2D eigenvalue weighted by Gasteiger charge is -2.24. The molecule has 0 aromatic carbocycles. The minimum absolute atomic E-state index is 0.108. The highest BCUT2D eigenvalue weighted by Crippen LogP contribution is 2.04. The van der Waals surface area contributed by atoms with Gasteiger partial charge in [-0.15, -0.1) is 0 Å². The van der Waals surface area contributed by atoms with E-state index in [1.54, 1.807) is 0 Å². The summed E-state index contributed by atoms with van der Waals surface area (Å²) in [6, 6.07) is -1.88. The molecule has 0 rings (SSSR count). The number of nitrogens with one attached hydrogen (secondary N) is 5. The minimum atomic E-state index is -0.693. The van der Waals surface area contributed by atoms with Crippen molar-refractivity contribution >= 4 is 23.9 Å². The number of hydrogen-bond acceptors (Lipinski definition) is 4. The first-order valence-electron chi connectivity index (χ1n) is 8.76. The highest BCUT2D eigenvalue weighted by atomic mass is 16.2. The molecule has 0 bridgehead atoms. The molecule has 6 amide bonds. The maximum atomic E-state index is 12.4. The molecular formula is C16H32N6O4. The number of rotatable bonds is 11. The van der Waals surface area contributed by atoms with E-state index in [4.69, 9.17) is 5.73 Å². The van der Waals surface area contributed by atoms with E-state index in [-0.39, 0.29) is 36.7 Å². The van der Waals surface area contributed by atoms with Crippen LogP contribution < -0.4 is 32.3 Å². The van der Waals surface area contributed by atoms with Gasteiger partial charge in [-0.25, -0.2) is 9.59 Å². The summed E-state index contributed by atoms with van der Waals surface area (Å²) in [5, 5.41) is 13.0. The molecule has 0 saturated heterocycles. The van der Waals surface area contributed by atoms with E-state index < -0.39 is 18.1 Å². The second kappa shape index (κ2) is 12.8. The van der Waals surface area contributed by atoms with E-state index in [1.807, 2.05) is 20.8 Å². The van der Waals surface area contributed by atoms with E-state index in [1.165, 1.54) is 7.05 Å². The molecule has 7 N–H and O–H groups in total. The summed E-state index contributed by atoms with van der Waals surface area (Å²) in [6.45, 7) is 6.13. The smallest absolute Gasteiger partial charge is 0.315 e. The Bertz CT molecular complexity index is 483. The molecule has 0 saturated carbocycles. The average Bonchev–Trinajstić information content (AvgIpc) is 2.55. The van der Waals surface area contributed by atoms with E-state index in [9.17, 15) is 19.2 Å². The molecule has 0 spiro atoms. The molecule has 0 unspecified atom stereocenters. The second-order valence-corrected chi connectivity index (χ2v) is 6.39. The second-order valence-electron chi connectivity index (χ2n) is 6.39. The summed E-state index contributed by atoms with van der Waals surface area (Å²) < 4.78 is 0. The molecule has 10 heteroatoms. The van der Waals surface area contributed by atoms with Crippen LogP contribution in [0.2, 0.25) is 0 Å². The molecule has 0 aliphatic carbocycles. The molecule has 0 fully saturated rings. The normalized spacial score (nSPS) is 12.7. The molecular weight excluding hydrogens is 340 g/mol. The number of carbonyl (C=O) groups excluding carboxylic acids is 4. The summed E-state index contributed by atoms with van der Waals surface area (Å²) in [6.07, 6.45) is 1.50. The first kappa shape index (κ1) is 23.5. The number of hydrogen-bond donors (Lipinski definition) is 6. The number of nitrogens with two attached hydrogens (primary N) is 1. The third-order valence-corrected chi connectivity index (χ3v) is 3.65. The van der Waals surface area contributed by atoms with Gasteiger partial charge >= 0.3 is 12.1 Å². The molecule has 0 aromatic heterocycles. The van der Waals surface area contributed by atoms with Crippen LogP contribution in [0.25, 0.3) is 0 Å². The van der Waals surface area contributed by atoms with Crippen LogP contribution in [0.5, 0.6) is 0 Å². The summed E-state index contributed by atoms with van der Waals surface area (Å²) in [5.74, 6) is -0.566. The van der Waals surface area contributed by atoms with Crippen molar-refractivity contribution in [3.63, 3.8) is 0 Å². The Morgan fingerprint density at radius 3 is 2.15 bits per heavy atom. The van der Waals surface area contributed by atoms with Crippen LogP contribution in [0.3, 0.4) is 0 Å². The van der Waals surface area contributed by atoms with Crippen LogP contribution in [0.4, 0.5) is 9.59 Å². The number of amides is 6. The minimum Gasteiger partial charge on any atom is -0.359 e. The zero-order valence-electron chi connectivity index (χ0n) is 16.0. The molecule has 2 atom stereocenters. The fourth-order valence-electron chi connectivity index (χ4n) is 2.17. The van der Waals surface area contributed by atoms with Gasteiger partial charge in [0.25, 0.3) is 0 Å². The standard InChI is InChI=1S/C16H32N6O4/c1-10(2)13(22-16(26)20-9-7-12(23)18-4)14(24)21-11(3)6-5-8-19-15(17)25/h10-11,13H,5-9H2,1-4H3,(H,18,23)(H,21,24)(H3,17,19,25)(H2,20,22,26)/t11-,13-/m0/s1. The van der Waals surface area contributed by atoms with Gasteiger partial charge < -0.3 is 32.3 Å². The lowest BCUT2D eigenvalue weighted by atomic mass is 10.0. The molecule has 0 heterocycles. The van der Waals surface area contributed by atoms with Gasteiger partial charge in [-0.1, -0.05) is 13.8 Å². The van der Waals surface area contributed by atoms with Crippen LogP contribution in [-0.2, 0) is 9.59 Å². The quantitative estimate of drug-likeness (QED) is 0.268. The third-order valence-electron chi connectivity index (χ3n) is 3.65. The molecule has 0 radical (unpaired) electrons. The van der Waals surface area contributed by atoms with Crippen molar-refractivity contribution in [3.05, 3.63) is 0 Å². The van der Waals surface area contributed by atoms with Gasteiger partial charge in [0, 0.05) is 32.6 Å². The van der Waals surface area contributed by atoms with E-state index in [2.05, 4.69) is 26.6 Å². The van der Waals surface area contributed by atoms with Crippen molar-refractivity contribution in [2.75, 3.05) is 20.1 Å². The third kappa shape index (κ3) is 11.1. The van der Waals surface area contributed by atoms with Gasteiger partial charge in [-0.3, -0.25) is 9.59 Å². The Kier molecular flexibility index (Phi) is 11.5. The maximum Gasteiger partial charge on any atom is 0.315 e. The molecule has 0 aromatic rings. The van der Waals surface area contributed by atoms with E-state index >= 15 is 0 Å². The molecule has 0 aliphatic rings.